The Balaban J connectivity index is 1.93. The number of piperidine rings is 1. The SMILES string of the molecule is CCC1CC(CC(=O)O)CCN1Cc1ccccc1. The van der Waals surface area contributed by atoms with Crippen molar-refractivity contribution in [3.63, 3.8) is 0 Å². The highest BCUT2D eigenvalue weighted by molar-refractivity contribution is 5.67. The van der Waals surface area contributed by atoms with Crippen LogP contribution < -0.4 is 0 Å². The molecule has 0 radical (unpaired) electrons. The van der Waals surface area contributed by atoms with E-state index in [1.54, 1.807) is 0 Å². The van der Waals surface area contributed by atoms with Crippen molar-refractivity contribution in [1.29, 1.82) is 0 Å². The van der Waals surface area contributed by atoms with Crippen LogP contribution in [0.15, 0.2) is 30.3 Å². The van der Waals surface area contributed by atoms with Crippen LogP contribution in [0.3, 0.4) is 0 Å². The van der Waals surface area contributed by atoms with Crippen molar-refractivity contribution >= 4 is 5.97 Å². The third kappa shape index (κ3) is 4.06. The van der Waals surface area contributed by atoms with Crippen molar-refractivity contribution in [2.75, 3.05) is 6.54 Å². The minimum atomic E-state index is -0.656. The fourth-order valence-corrected chi connectivity index (χ4v) is 3.07. The molecule has 1 heterocycles. The Labute approximate surface area is 115 Å². The molecular formula is C16H23NO2. The molecule has 2 atom stereocenters. The zero-order valence-electron chi connectivity index (χ0n) is 11.6. The summed E-state index contributed by atoms with van der Waals surface area (Å²) in [7, 11) is 0. The van der Waals surface area contributed by atoms with E-state index in [2.05, 4.69) is 36.1 Å². The standard InChI is InChI=1S/C16H23NO2/c1-2-15-10-14(11-16(18)19)8-9-17(15)12-13-6-4-3-5-7-13/h3-7,14-15H,2,8-12H2,1H3,(H,18,19). The minimum Gasteiger partial charge on any atom is -0.481 e. The van der Waals surface area contributed by atoms with E-state index in [1.807, 2.05) is 6.07 Å². The van der Waals surface area contributed by atoms with E-state index in [9.17, 15) is 4.79 Å². The Morgan fingerprint density at radius 1 is 1.37 bits per heavy atom. The largest absolute Gasteiger partial charge is 0.481 e. The summed E-state index contributed by atoms with van der Waals surface area (Å²) in [5.41, 5.74) is 1.35. The van der Waals surface area contributed by atoms with Crippen LogP contribution in [0.2, 0.25) is 0 Å². The molecule has 0 aliphatic carbocycles. The van der Waals surface area contributed by atoms with E-state index in [0.29, 0.717) is 18.4 Å². The number of aliphatic carboxylic acids is 1. The van der Waals surface area contributed by atoms with Crippen molar-refractivity contribution in [3.05, 3.63) is 35.9 Å². The molecular weight excluding hydrogens is 238 g/mol. The maximum Gasteiger partial charge on any atom is 0.303 e. The molecule has 1 fully saturated rings. The van der Waals surface area contributed by atoms with Crippen molar-refractivity contribution in [2.45, 2.75) is 45.2 Å². The van der Waals surface area contributed by atoms with Crippen LogP contribution >= 0.6 is 0 Å². The van der Waals surface area contributed by atoms with Crippen LogP contribution in [-0.2, 0) is 11.3 Å². The molecule has 1 aliphatic heterocycles. The van der Waals surface area contributed by atoms with Gasteiger partial charge in [-0.3, -0.25) is 9.69 Å². The van der Waals surface area contributed by atoms with Gasteiger partial charge in [0.15, 0.2) is 0 Å². The van der Waals surface area contributed by atoms with E-state index in [1.165, 1.54) is 5.56 Å². The second-order valence-corrected chi connectivity index (χ2v) is 5.51. The predicted octanol–water partition coefficient (Wildman–Crippen LogP) is 3.15. The summed E-state index contributed by atoms with van der Waals surface area (Å²) in [6, 6.07) is 11.0. The molecule has 19 heavy (non-hydrogen) atoms. The molecule has 3 nitrogen and oxygen atoms in total. The van der Waals surface area contributed by atoms with Crippen LogP contribution in [-0.4, -0.2) is 28.6 Å². The Morgan fingerprint density at radius 2 is 2.11 bits per heavy atom. The lowest BCUT2D eigenvalue weighted by Crippen LogP contribution is -2.42. The van der Waals surface area contributed by atoms with E-state index in [4.69, 9.17) is 5.11 Å². The second kappa shape index (κ2) is 6.71. The third-order valence-corrected chi connectivity index (χ3v) is 4.11. The zero-order valence-corrected chi connectivity index (χ0v) is 11.6. The average Bonchev–Trinajstić information content (AvgIpc) is 2.41. The average molecular weight is 261 g/mol. The lowest BCUT2D eigenvalue weighted by molar-refractivity contribution is -0.138. The monoisotopic (exact) mass is 261 g/mol. The number of hydrogen-bond acceptors (Lipinski definition) is 2. The molecule has 0 amide bonds. The summed E-state index contributed by atoms with van der Waals surface area (Å²) < 4.78 is 0. The number of likely N-dealkylation sites (tertiary alicyclic amines) is 1. The maximum absolute atomic E-state index is 10.8. The van der Waals surface area contributed by atoms with Gasteiger partial charge in [0, 0.05) is 19.0 Å². The quantitative estimate of drug-likeness (QED) is 0.885. The summed E-state index contributed by atoms with van der Waals surface area (Å²) in [5.74, 6) is -0.300. The third-order valence-electron chi connectivity index (χ3n) is 4.11. The van der Waals surface area contributed by atoms with Crippen molar-refractivity contribution in [2.24, 2.45) is 5.92 Å². The highest BCUT2D eigenvalue weighted by Gasteiger charge is 2.28. The van der Waals surface area contributed by atoms with Crippen LogP contribution in [0.25, 0.3) is 0 Å². The molecule has 1 N–H and O–H groups in total. The van der Waals surface area contributed by atoms with Crippen molar-refractivity contribution in [1.82, 2.24) is 4.90 Å². The fraction of sp³-hybridized carbons (Fsp3) is 0.562. The Kier molecular flexibility index (Phi) is 4.97. The molecule has 2 rings (SSSR count). The summed E-state index contributed by atoms with van der Waals surface area (Å²) in [4.78, 5) is 13.3. The van der Waals surface area contributed by atoms with Gasteiger partial charge in [0.1, 0.15) is 0 Å². The van der Waals surface area contributed by atoms with Gasteiger partial charge in [-0.05, 0) is 37.3 Å². The first-order chi connectivity index (χ1) is 9.19. The normalized spacial score (nSPS) is 24.3. The molecule has 1 saturated heterocycles. The molecule has 0 spiro atoms. The van der Waals surface area contributed by atoms with Gasteiger partial charge in [0.05, 0.1) is 0 Å². The first kappa shape index (κ1) is 14.1. The van der Waals surface area contributed by atoms with Gasteiger partial charge in [-0.2, -0.15) is 0 Å². The van der Waals surface area contributed by atoms with Gasteiger partial charge < -0.3 is 5.11 Å². The number of carbonyl (C=O) groups is 1. The Morgan fingerprint density at radius 3 is 2.74 bits per heavy atom. The van der Waals surface area contributed by atoms with Crippen molar-refractivity contribution in [3.8, 4) is 0 Å². The minimum absolute atomic E-state index is 0.329. The van der Waals surface area contributed by atoms with Crippen LogP contribution in [0.4, 0.5) is 0 Å². The molecule has 3 heteroatoms. The second-order valence-electron chi connectivity index (χ2n) is 5.51. The van der Waals surface area contributed by atoms with Gasteiger partial charge >= 0.3 is 5.97 Å². The smallest absolute Gasteiger partial charge is 0.303 e. The molecule has 1 aliphatic rings. The number of hydrogen-bond donors (Lipinski definition) is 1. The number of nitrogens with zero attached hydrogens (tertiary/aromatic N) is 1. The van der Waals surface area contributed by atoms with Gasteiger partial charge in [-0.25, -0.2) is 0 Å². The number of carboxylic acids is 1. The zero-order chi connectivity index (χ0) is 13.7. The Hall–Kier alpha value is -1.35. The highest BCUT2D eigenvalue weighted by Crippen LogP contribution is 2.28. The summed E-state index contributed by atoms with van der Waals surface area (Å²) in [6.45, 7) is 4.20. The summed E-state index contributed by atoms with van der Waals surface area (Å²) in [6.07, 6.45) is 3.46. The number of carboxylic acid groups (broad SMARTS) is 1. The fourth-order valence-electron chi connectivity index (χ4n) is 3.07. The summed E-state index contributed by atoms with van der Waals surface area (Å²) in [5, 5.41) is 8.91. The molecule has 0 saturated carbocycles. The highest BCUT2D eigenvalue weighted by atomic mass is 16.4. The predicted molar refractivity (Wildman–Crippen MR) is 75.9 cm³/mol. The number of rotatable bonds is 5. The summed E-state index contributed by atoms with van der Waals surface area (Å²) >= 11 is 0. The molecule has 0 bridgehead atoms. The van der Waals surface area contributed by atoms with E-state index in [0.717, 1.165) is 32.4 Å². The van der Waals surface area contributed by atoms with E-state index in [-0.39, 0.29) is 0 Å². The van der Waals surface area contributed by atoms with E-state index >= 15 is 0 Å². The molecule has 0 aromatic heterocycles. The van der Waals surface area contributed by atoms with Gasteiger partial charge in [0.2, 0.25) is 0 Å². The van der Waals surface area contributed by atoms with Crippen LogP contribution in [0.1, 0.15) is 38.2 Å². The Bertz CT molecular complexity index is 404. The molecule has 2 unspecified atom stereocenters. The molecule has 104 valence electrons. The first-order valence-electron chi connectivity index (χ1n) is 7.18. The molecule has 1 aromatic carbocycles. The van der Waals surface area contributed by atoms with Gasteiger partial charge in [-0.15, -0.1) is 0 Å². The lowest BCUT2D eigenvalue weighted by Gasteiger charge is -2.39. The van der Waals surface area contributed by atoms with Gasteiger partial charge in [-0.1, -0.05) is 37.3 Å². The van der Waals surface area contributed by atoms with Crippen LogP contribution in [0.5, 0.6) is 0 Å². The lowest BCUT2D eigenvalue weighted by atomic mass is 9.87. The maximum atomic E-state index is 10.8. The van der Waals surface area contributed by atoms with E-state index < -0.39 is 5.97 Å². The molecule has 1 aromatic rings. The number of benzene rings is 1. The topological polar surface area (TPSA) is 40.5 Å². The van der Waals surface area contributed by atoms with Crippen molar-refractivity contribution < 1.29 is 9.90 Å². The van der Waals surface area contributed by atoms with Gasteiger partial charge in [0.25, 0.3) is 0 Å². The first-order valence-corrected chi connectivity index (χ1v) is 7.18. The van der Waals surface area contributed by atoms with Crippen LogP contribution in [0, 0.1) is 5.92 Å².